The molecule has 84 valence electrons. The fraction of sp³-hybridized carbons (Fsp3) is 0.0769. The first-order valence-corrected chi connectivity index (χ1v) is 5.17. The number of carbonyl (C=O) groups is 1. The van der Waals surface area contributed by atoms with Gasteiger partial charge in [-0.05, 0) is 6.07 Å². The average Bonchev–Trinajstić information content (AvgIpc) is 2.63. The topological polar surface area (TPSA) is 70.4 Å². The number of aliphatic hydroxyl groups is 1. The number of carboxylic acid groups (broad SMARTS) is 1. The van der Waals surface area contributed by atoms with Crippen molar-refractivity contribution in [3.05, 3.63) is 53.7 Å². The van der Waals surface area contributed by atoms with Gasteiger partial charge in [-0.25, -0.2) is 4.79 Å². The maximum atomic E-state index is 11.4. The molecule has 1 aliphatic carbocycles. The van der Waals surface area contributed by atoms with Crippen LogP contribution in [0.4, 0.5) is 0 Å². The van der Waals surface area contributed by atoms with E-state index in [1.54, 1.807) is 42.6 Å². The molecule has 2 aromatic rings. The van der Waals surface area contributed by atoms with Gasteiger partial charge in [0, 0.05) is 22.9 Å². The van der Waals surface area contributed by atoms with E-state index in [4.69, 9.17) is 0 Å². The highest BCUT2D eigenvalue weighted by atomic mass is 16.4. The van der Waals surface area contributed by atoms with Gasteiger partial charge >= 0.3 is 5.97 Å². The number of aromatic nitrogens is 1. The maximum absolute atomic E-state index is 11.4. The van der Waals surface area contributed by atoms with Crippen LogP contribution in [0.3, 0.4) is 0 Å². The zero-order valence-electron chi connectivity index (χ0n) is 8.79. The number of aliphatic carboxylic acids is 1. The van der Waals surface area contributed by atoms with Crippen LogP contribution in [0.15, 0.2) is 42.6 Å². The van der Waals surface area contributed by atoms with E-state index in [2.05, 4.69) is 4.98 Å². The maximum Gasteiger partial charge on any atom is 0.345 e. The summed E-state index contributed by atoms with van der Waals surface area (Å²) < 4.78 is 0. The number of hydrogen-bond donors (Lipinski definition) is 2. The first-order valence-electron chi connectivity index (χ1n) is 5.17. The predicted octanol–water partition coefficient (Wildman–Crippen LogP) is 1.38. The van der Waals surface area contributed by atoms with Crippen LogP contribution in [0.5, 0.6) is 0 Å². The van der Waals surface area contributed by atoms with Gasteiger partial charge < -0.3 is 10.2 Å². The molecular weight excluding hydrogens is 218 g/mol. The number of benzene rings is 1. The minimum atomic E-state index is -1.99. The van der Waals surface area contributed by atoms with Crippen molar-refractivity contribution in [1.29, 1.82) is 0 Å². The van der Waals surface area contributed by atoms with Crippen molar-refractivity contribution in [3.8, 4) is 11.3 Å². The number of carboxylic acids is 1. The molecule has 1 heterocycles. The lowest BCUT2D eigenvalue weighted by molar-refractivity contribution is -0.154. The zero-order chi connectivity index (χ0) is 12.0. The summed E-state index contributed by atoms with van der Waals surface area (Å²) in [6.07, 6.45) is 1.59. The zero-order valence-corrected chi connectivity index (χ0v) is 8.79. The largest absolute Gasteiger partial charge is 0.479 e. The molecule has 4 nitrogen and oxygen atoms in total. The lowest BCUT2D eigenvalue weighted by atomic mass is 9.92. The average molecular weight is 227 g/mol. The van der Waals surface area contributed by atoms with Crippen LogP contribution in [0.25, 0.3) is 11.3 Å². The van der Waals surface area contributed by atoms with Gasteiger partial charge in [0.2, 0.25) is 5.60 Å². The van der Waals surface area contributed by atoms with Crippen molar-refractivity contribution in [2.75, 3.05) is 0 Å². The molecule has 4 heteroatoms. The monoisotopic (exact) mass is 227 g/mol. The molecular formula is C13H9NO3. The second kappa shape index (κ2) is 3.15. The Balaban J connectivity index is 2.43. The second-order valence-electron chi connectivity index (χ2n) is 3.96. The molecule has 0 aliphatic heterocycles. The summed E-state index contributed by atoms with van der Waals surface area (Å²) in [5.41, 5.74) is -0.0731. The molecule has 1 aromatic carbocycles. The highest BCUT2D eigenvalue weighted by Gasteiger charge is 2.48. The number of rotatable bonds is 1. The van der Waals surface area contributed by atoms with Crippen molar-refractivity contribution >= 4 is 5.97 Å². The third kappa shape index (κ3) is 1.10. The summed E-state index contributed by atoms with van der Waals surface area (Å²) in [5, 5.41) is 19.7. The molecule has 2 N–H and O–H groups in total. The highest BCUT2D eigenvalue weighted by Crippen LogP contribution is 2.46. The van der Waals surface area contributed by atoms with Gasteiger partial charge in [0.1, 0.15) is 0 Å². The molecule has 0 saturated carbocycles. The van der Waals surface area contributed by atoms with Crippen molar-refractivity contribution in [2.24, 2.45) is 0 Å². The van der Waals surface area contributed by atoms with Crippen LogP contribution in [0, 0.1) is 0 Å². The Morgan fingerprint density at radius 2 is 1.82 bits per heavy atom. The Kier molecular flexibility index (Phi) is 1.85. The van der Waals surface area contributed by atoms with Crippen molar-refractivity contribution in [2.45, 2.75) is 5.60 Å². The van der Waals surface area contributed by atoms with Gasteiger partial charge in [0.15, 0.2) is 0 Å². The van der Waals surface area contributed by atoms with Gasteiger partial charge in [-0.3, -0.25) is 4.98 Å². The number of hydrogen-bond acceptors (Lipinski definition) is 3. The third-order valence-corrected chi connectivity index (χ3v) is 3.08. The molecule has 0 bridgehead atoms. The van der Waals surface area contributed by atoms with Gasteiger partial charge in [0.25, 0.3) is 0 Å². The van der Waals surface area contributed by atoms with Gasteiger partial charge in [-0.15, -0.1) is 0 Å². The summed E-state index contributed by atoms with van der Waals surface area (Å²) in [4.78, 5) is 15.5. The molecule has 0 fully saturated rings. The van der Waals surface area contributed by atoms with Crippen LogP contribution in [0.2, 0.25) is 0 Å². The van der Waals surface area contributed by atoms with Gasteiger partial charge in [-0.1, -0.05) is 30.3 Å². The normalized spacial score (nSPS) is 20.8. The van der Waals surface area contributed by atoms with E-state index in [1.165, 1.54) is 0 Å². The Morgan fingerprint density at radius 1 is 1.12 bits per heavy atom. The molecule has 1 atom stereocenters. The molecule has 0 saturated heterocycles. The molecule has 1 unspecified atom stereocenters. The van der Waals surface area contributed by atoms with Crippen LogP contribution in [-0.4, -0.2) is 21.2 Å². The third-order valence-electron chi connectivity index (χ3n) is 3.08. The van der Waals surface area contributed by atoms with Crippen LogP contribution >= 0.6 is 0 Å². The smallest absolute Gasteiger partial charge is 0.345 e. The fourth-order valence-corrected chi connectivity index (χ4v) is 2.29. The summed E-state index contributed by atoms with van der Waals surface area (Å²) in [7, 11) is 0. The number of fused-ring (bicyclic) bond motifs is 3. The van der Waals surface area contributed by atoms with E-state index < -0.39 is 11.6 Å². The van der Waals surface area contributed by atoms with Crippen LogP contribution < -0.4 is 0 Å². The molecule has 1 aromatic heterocycles. The minimum absolute atomic E-state index is 0.328. The highest BCUT2D eigenvalue weighted by molar-refractivity contribution is 5.94. The van der Waals surface area contributed by atoms with Crippen LogP contribution in [0.1, 0.15) is 11.1 Å². The van der Waals surface area contributed by atoms with Crippen molar-refractivity contribution in [3.63, 3.8) is 0 Å². The molecule has 0 radical (unpaired) electrons. The first-order chi connectivity index (χ1) is 8.15. The minimum Gasteiger partial charge on any atom is -0.479 e. The summed E-state index contributed by atoms with van der Waals surface area (Å²) in [6, 6.07) is 10.1. The summed E-state index contributed by atoms with van der Waals surface area (Å²) >= 11 is 0. The lowest BCUT2D eigenvalue weighted by Crippen LogP contribution is -2.34. The molecule has 3 rings (SSSR count). The van der Waals surface area contributed by atoms with E-state index in [0.717, 1.165) is 0 Å². The molecule has 1 aliphatic rings. The Labute approximate surface area is 97.2 Å². The fourth-order valence-electron chi connectivity index (χ4n) is 2.29. The Bertz CT molecular complexity index is 576. The quantitative estimate of drug-likeness (QED) is 0.772. The van der Waals surface area contributed by atoms with Gasteiger partial charge in [-0.2, -0.15) is 0 Å². The first kappa shape index (κ1) is 9.99. The number of pyridine rings is 1. The number of nitrogens with zero attached hydrogens (tertiary/aromatic N) is 1. The lowest BCUT2D eigenvalue weighted by Gasteiger charge is -2.19. The van der Waals surface area contributed by atoms with E-state index in [-0.39, 0.29) is 0 Å². The standard InChI is InChI=1S/C13H9NO3/c15-12(16)13(17)9-5-2-1-4-8(9)11-10(13)6-3-7-14-11/h1-7,17H,(H,15,16). The van der Waals surface area contributed by atoms with E-state index in [0.29, 0.717) is 22.4 Å². The SMILES string of the molecule is O=C(O)C1(O)c2ccccc2-c2ncccc21. The van der Waals surface area contributed by atoms with E-state index in [1.807, 2.05) is 0 Å². The second-order valence-corrected chi connectivity index (χ2v) is 3.96. The molecule has 17 heavy (non-hydrogen) atoms. The Morgan fingerprint density at radius 3 is 2.59 bits per heavy atom. The molecule has 0 amide bonds. The van der Waals surface area contributed by atoms with Crippen molar-refractivity contribution in [1.82, 2.24) is 4.98 Å². The molecule has 0 spiro atoms. The van der Waals surface area contributed by atoms with Crippen molar-refractivity contribution < 1.29 is 15.0 Å². The van der Waals surface area contributed by atoms with Gasteiger partial charge in [0.05, 0.1) is 5.69 Å². The van der Waals surface area contributed by atoms with E-state index in [9.17, 15) is 15.0 Å². The predicted molar refractivity (Wildman–Crippen MR) is 60.3 cm³/mol. The van der Waals surface area contributed by atoms with E-state index >= 15 is 0 Å². The Hall–Kier alpha value is -2.20. The summed E-state index contributed by atoms with van der Waals surface area (Å²) in [5.74, 6) is -1.28. The summed E-state index contributed by atoms with van der Waals surface area (Å²) in [6.45, 7) is 0. The van der Waals surface area contributed by atoms with Crippen LogP contribution in [-0.2, 0) is 10.4 Å².